The molecule has 0 unspecified atom stereocenters. The molecule has 2 heterocycles. The van der Waals surface area contributed by atoms with Gasteiger partial charge in [-0.15, -0.1) is 11.3 Å². The van der Waals surface area contributed by atoms with E-state index in [0.29, 0.717) is 36.6 Å². The molecule has 7 heteroatoms. The number of rotatable bonds is 6. The number of thiazole rings is 1. The maximum Gasteiger partial charge on any atom is 0.229 e. The molecule has 1 aromatic heterocycles. The van der Waals surface area contributed by atoms with Crippen LogP contribution in [-0.2, 0) is 9.59 Å². The molecule has 0 aliphatic carbocycles. The Labute approximate surface area is 175 Å². The first-order valence-electron chi connectivity index (χ1n) is 9.94. The molecule has 0 spiro atoms. The largest absolute Gasteiger partial charge is 0.343 e. The number of aryl methyl sites for hydroxylation is 3. The van der Waals surface area contributed by atoms with Crippen LogP contribution < -0.4 is 5.32 Å². The van der Waals surface area contributed by atoms with E-state index in [1.807, 2.05) is 44.4 Å². The minimum absolute atomic E-state index is 0.00513. The van der Waals surface area contributed by atoms with Crippen LogP contribution in [0.3, 0.4) is 0 Å². The summed E-state index contributed by atoms with van der Waals surface area (Å²) in [4.78, 5) is 43.3. The zero-order chi connectivity index (χ0) is 21.0. The smallest absolute Gasteiger partial charge is 0.229 e. The normalized spacial score (nSPS) is 14.7. The van der Waals surface area contributed by atoms with Crippen LogP contribution in [0.5, 0.6) is 0 Å². The lowest BCUT2D eigenvalue weighted by Crippen LogP contribution is -2.41. The standard InChI is InChI=1S/C22H27N3O3S/c1-14-4-5-18(12-15(14)2)19(26)6-7-20(27)25-10-8-17(9-11-25)21(28)24-22-23-16(3)13-29-22/h4-5,12-13,17H,6-11H2,1-3H3,(H,23,24,28). The summed E-state index contributed by atoms with van der Waals surface area (Å²) < 4.78 is 0. The van der Waals surface area contributed by atoms with Gasteiger partial charge in [0.2, 0.25) is 11.8 Å². The number of nitrogens with one attached hydrogen (secondary N) is 1. The molecule has 3 rings (SSSR count). The predicted octanol–water partition coefficient (Wildman–Crippen LogP) is 3.91. The summed E-state index contributed by atoms with van der Waals surface area (Å²) in [7, 11) is 0. The highest BCUT2D eigenvalue weighted by Crippen LogP contribution is 2.22. The Morgan fingerprint density at radius 2 is 1.83 bits per heavy atom. The number of benzene rings is 1. The number of Topliss-reactive ketones (excluding diaryl/α,β-unsaturated/α-hetero) is 1. The van der Waals surface area contributed by atoms with Crippen molar-refractivity contribution in [3.8, 4) is 0 Å². The molecule has 0 bridgehead atoms. The summed E-state index contributed by atoms with van der Waals surface area (Å²) in [6.07, 6.45) is 1.69. The van der Waals surface area contributed by atoms with Crippen LogP contribution in [-0.4, -0.2) is 40.6 Å². The molecule has 1 saturated heterocycles. The number of hydrogen-bond acceptors (Lipinski definition) is 5. The fourth-order valence-electron chi connectivity index (χ4n) is 3.45. The van der Waals surface area contributed by atoms with Crippen molar-refractivity contribution in [2.75, 3.05) is 18.4 Å². The molecule has 154 valence electrons. The SMILES string of the molecule is Cc1csc(NC(=O)C2CCN(C(=O)CCC(=O)c3ccc(C)c(C)c3)CC2)n1. The first kappa shape index (κ1) is 21.2. The van der Waals surface area contributed by atoms with Gasteiger partial charge in [-0.1, -0.05) is 12.1 Å². The first-order chi connectivity index (χ1) is 13.8. The maximum absolute atomic E-state index is 12.5. The third-order valence-corrected chi connectivity index (χ3v) is 6.34. The van der Waals surface area contributed by atoms with Crippen molar-refractivity contribution < 1.29 is 14.4 Å². The van der Waals surface area contributed by atoms with Crippen molar-refractivity contribution in [2.24, 2.45) is 5.92 Å². The third-order valence-electron chi connectivity index (χ3n) is 5.46. The molecule has 6 nitrogen and oxygen atoms in total. The van der Waals surface area contributed by atoms with Crippen LogP contribution in [0.25, 0.3) is 0 Å². The van der Waals surface area contributed by atoms with E-state index >= 15 is 0 Å². The van der Waals surface area contributed by atoms with Crippen LogP contribution in [0.2, 0.25) is 0 Å². The maximum atomic E-state index is 12.5. The average molecular weight is 414 g/mol. The van der Waals surface area contributed by atoms with E-state index in [-0.39, 0.29) is 36.4 Å². The number of carbonyl (C=O) groups excluding carboxylic acids is 3. The van der Waals surface area contributed by atoms with Crippen molar-refractivity contribution in [3.63, 3.8) is 0 Å². The zero-order valence-corrected chi connectivity index (χ0v) is 18.0. The number of anilines is 1. The van der Waals surface area contributed by atoms with Gasteiger partial charge in [0, 0.05) is 42.8 Å². The van der Waals surface area contributed by atoms with Gasteiger partial charge < -0.3 is 10.2 Å². The molecule has 0 saturated carbocycles. The highest BCUT2D eigenvalue weighted by molar-refractivity contribution is 7.13. The lowest BCUT2D eigenvalue weighted by Gasteiger charge is -2.31. The molecule has 2 amide bonds. The fraction of sp³-hybridized carbons (Fsp3) is 0.455. The van der Waals surface area contributed by atoms with Gasteiger partial charge in [0.15, 0.2) is 10.9 Å². The number of hydrogen-bond donors (Lipinski definition) is 1. The molecule has 1 aliphatic rings. The second-order valence-electron chi connectivity index (χ2n) is 7.66. The Morgan fingerprint density at radius 1 is 1.10 bits per heavy atom. The second kappa shape index (κ2) is 9.31. The van der Waals surface area contributed by atoms with E-state index in [0.717, 1.165) is 16.8 Å². The van der Waals surface area contributed by atoms with Gasteiger partial charge in [-0.3, -0.25) is 14.4 Å². The number of likely N-dealkylation sites (tertiary alicyclic amines) is 1. The Morgan fingerprint density at radius 3 is 2.45 bits per heavy atom. The van der Waals surface area contributed by atoms with Gasteiger partial charge in [-0.25, -0.2) is 4.98 Å². The van der Waals surface area contributed by atoms with Gasteiger partial charge in [-0.05, 0) is 50.8 Å². The molecular weight excluding hydrogens is 386 g/mol. The fourth-order valence-corrected chi connectivity index (χ4v) is 4.14. The van der Waals surface area contributed by atoms with Crippen LogP contribution in [0.1, 0.15) is 52.9 Å². The summed E-state index contributed by atoms with van der Waals surface area (Å²) in [5.41, 5.74) is 3.78. The highest BCUT2D eigenvalue weighted by atomic mass is 32.1. The van der Waals surface area contributed by atoms with Gasteiger partial charge in [-0.2, -0.15) is 0 Å². The summed E-state index contributed by atoms with van der Waals surface area (Å²) >= 11 is 1.42. The second-order valence-corrected chi connectivity index (χ2v) is 8.52. The molecule has 1 N–H and O–H groups in total. The monoisotopic (exact) mass is 413 g/mol. The summed E-state index contributed by atoms with van der Waals surface area (Å²) in [6, 6.07) is 5.65. The van der Waals surface area contributed by atoms with E-state index in [9.17, 15) is 14.4 Å². The molecule has 0 atom stereocenters. The number of nitrogens with zero attached hydrogens (tertiary/aromatic N) is 2. The Hall–Kier alpha value is -2.54. The van der Waals surface area contributed by atoms with Gasteiger partial charge in [0.25, 0.3) is 0 Å². The summed E-state index contributed by atoms with van der Waals surface area (Å²) in [6.45, 7) is 6.97. The van der Waals surface area contributed by atoms with Crippen LogP contribution in [0.15, 0.2) is 23.6 Å². The van der Waals surface area contributed by atoms with Crippen LogP contribution in [0.4, 0.5) is 5.13 Å². The quantitative estimate of drug-likeness (QED) is 0.728. The minimum atomic E-state index is -0.111. The third kappa shape index (κ3) is 5.50. The molecule has 29 heavy (non-hydrogen) atoms. The van der Waals surface area contributed by atoms with Gasteiger partial charge in [0.05, 0.1) is 5.69 Å². The Balaban J connectivity index is 1.44. The zero-order valence-electron chi connectivity index (χ0n) is 17.2. The predicted molar refractivity (Wildman–Crippen MR) is 114 cm³/mol. The summed E-state index contributed by atoms with van der Waals surface area (Å²) in [5.74, 6) is -0.164. The van der Waals surface area contributed by atoms with E-state index < -0.39 is 0 Å². The molecule has 1 aliphatic heterocycles. The molecular formula is C22H27N3O3S. The van der Waals surface area contributed by atoms with Crippen molar-refractivity contribution in [1.82, 2.24) is 9.88 Å². The molecule has 2 aromatic rings. The van der Waals surface area contributed by atoms with Crippen molar-refractivity contribution >= 4 is 34.1 Å². The lowest BCUT2D eigenvalue weighted by molar-refractivity contribution is -0.134. The number of amides is 2. The summed E-state index contributed by atoms with van der Waals surface area (Å²) in [5, 5.41) is 5.38. The number of carbonyl (C=O) groups is 3. The van der Waals surface area contributed by atoms with Crippen LogP contribution >= 0.6 is 11.3 Å². The number of ketones is 1. The van der Waals surface area contributed by atoms with E-state index in [1.165, 1.54) is 11.3 Å². The Bertz CT molecular complexity index is 914. The highest BCUT2D eigenvalue weighted by Gasteiger charge is 2.28. The lowest BCUT2D eigenvalue weighted by atomic mass is 9.95. The van der Waals surface area contributed by atoms with Crippen LogP contribution in [0, 0.1) is 26.7 Å². The average Bonchev–Trinajstić information content (AvgIpc) is 3.12. The number of piperidine rings is 1. The minimum Gasteiger partial charge on any atom is -0.343 e. The van der Waals surface area contributed by atoms with E-state index in [4.69, 9.17) is 0 Å². The van der Waals surface area contributed by atoms with E-state index in [1.54, 1.807) is 4.90 Å². The van der Waals surface area contributed by atoms with Gasteiger partial charge in [0.1, 0.15) is 0 Å². The van der Waals surface area contributed by atoms with Crippen molar-refractivity contribution in [2.45, 2.75) is 46.5 Å². The van der Waals surface area contributed by atoms with Gasteiger partial charge >= 0.3 is 0 Å². The molecule has 0 radical (unpaired) electrons. The number of aromatic nitrogens is 1. The molecule has 1 fully saturated rings. The van der Waals surface area contributed by atoms with E-state index in [2.05, 4.69) is 10.3 Å². The molecule has 1 aromatic carbocycles. The van der Waals surface area contributed by atoms with Crippen molar-refractivity contribution in [1.29, 1.82) is 0 Å². The van der Waals surface area contributed by atoms with Crippen molar-refractivity contribution in [3.05, 3.63) is 46.0 Å². The topological polar surface area (TPSA) is 79.4 Å². The Kier molecular flexibility index (Phi) is 6.79. The first-order valence-corrected chi connectivity index (χ1v) is 10.8.